The Kier molecular flexibility index (Phi) is 5.43. The van der Waals surface area contributed by atoms with Crippen LogP contribution in [0.5, 0.6) is 11.5 Å². The number of amides is 1. The van der Waals surface area contributed by atoms with Gasteiger partial charge in [0, 0.05) is 11.1 Å². The van der Waals surface area contributed by atoms with Crippen molar-refractivity contribution in [1.29, 1.82) is 0 Å². The van der Waals surface area contributed by atoms with Crippen molar-refractivity contribution >= 4 is 5.91 Å². The van der Waals surface area contributed by atoms with Gasteiger partial charge in [-0.15, -0.1) is 0 Å². The fourth-order valence-corrected chi connectivity index (χ4v) is 1.60. The van der Waals surface area contributed by atoms with Gasteiger partial charge in [0.05, 0.1) is 13.7 Å². The Hall–Kier alpha value is -1.71. The summed E-state index contributed by atoms with van der Waals surface area (Å²) in [6.45, 7) is 10.6. The average molecular weight is 279 g/mol. The third-order valence-electron chi connectivity index (χ3n) is 2.49. The van der Waals surface area contributed by atoms with E-state index in [9.17, 15) is 4.79 Å². The van der Waals surface area contributed by atoms with Crippen LogP contribution in [0.2, 0.25) is 0 Å². The molecule has 0 fully saturated rings. The lowest BCUT2D eigenvalue weighted by molar-refractivity contribution is 0.0919. The molecule has 0 saturated carbocycles. The Morgan fingerprint density at radius 1 is 1.25 bits per heavy atom. The van der Waals surface area contributed by atoms with Crippen LogP contribution >= 0.6 is 0 Å². The summed E-state index contributed by atoms with van der Waals surface area (Å²) in [6, 6.07) is 5.23. The fraction of sp³-hybridized carbons (Fsp3) is 0.562. The van der Waals surface area contributed by atoms with E-state index in [0.29, 0.717) is 29.6 Å². The van der Waals surface area contributed by atoms with Gasteiger partial charge in [-0.3, -0.25) is 4.79 Å². The van der Waals surface area contributed by atoms with E-state index in [4.69, 9.17) is 9.47 Å². The lowest BCUT2D eigenvalue weighted by Crippen LogP contribution is -2.40. The van der Waals surface area contributed by atoms with Crippen LogP contribution in [0.4, 0.5) is 0 Å². The first-order chi connectivity index (χ1) is 9.23. The molecule has 4 heteroatoms. The summed E-state index contributed by atoms with van der Waals surface area (Å²) in [4.78, 5) is 12.1. The summed E-state index contributed by atoms with van der Waals surface area (Å²) in [6.07, 6.45) is 0. The van der Waals surface area contributed by atoms with Crippen LogP contribution in [-0.2, 0) is 0 Å². The van der Waals surface area contributed by atoms with Gasteiger partial charge in [0.1, 0.15) is 0 Å². The van der Waals surface area contributed by atoms with Crippen LogP contribution in [0.15, 0.2) is 18.2 Å². The Morgan fingerprint density at radius 2 is 1.90 bits per heavy atom. The highest BCUT2D eigenvalue weighted by molar-refractivity contribution is 5.95. The highest BCUT2D eigenvalue weighted by Crippen LogP contribution is 2.28. The molecule has 0 spiro atoms. The minimum absolute atomic E-state index is 0.119. The molecule has 1 aromatic carbocycles. The molecule has 1 aromatic rings. The third-order valence-corrected chi connectivity index (χ3v) is 2.49. The zero-order valence-electron chi connectivity index (χ0n) is 13.2. The number of carbonyl (C=O) groups excluding carboxylic acids is 1. The van der Waals surface area contributed by atoms with E-state index in [0.717, 1.165) is 0 Å². The van der Waals surface area contributed by atoms with Gasteiger partial charge in [-0.25, -0.2) is 0 Å². The standard InChI is InChI=1S/C16H25NO3/c1-11(2)10-20-13-8-7-12(9-14(13)19-6)15(18)17-16(3,4)5/h7-9,11H,10H2,1-6H3,(H,17,18). The van der Waals surface area contributed by atoms with Crippen molar-refractivity contribution in [1.82, 2.24) is 5.32 Å². The monoisotopic (exact) mass is 279 g/mol. The molecule has 0 atom stereocenters. The summed E-state index contributed by atoms with van der Waals surface area (Å²) >= 11 is 0. The van der Waals surface area contributed by atoms with Crippen molar-refractivity contribution in [3.63, 3.8) is 0 Å². The molecule has 1 amide bonds. The molecule has 0 bridgehead atoms. The molecule has 0 aliphatic carbocycles. The first kappa shape index (κ1) is 16.3. The van der Waals surface area contributed by atoms with E-state index in [1.54, 1.807) is 25.3 Å². The van der Waals surface area contributed by atoms with Crippen LogP contribution in [0.1, 0.15) is 45.0 Å². The summed E-state index contributed by atoms with van der Waals surface area (Å²) < 4.78 is 11.0. The normalized spacial score (nSPS) is 11.3. The molecule has 20 heavy (non-hydrogen) atoms. The summed E-state index contributed by atoms with van der Waals surface area (Å²) in [7, 11) is 1.57. The highest BCUT2D eigenvalue weighted by atomic mass is 16.5. The largest absolute Gasteiger partial charge is 0.493 e. The van der Waals surface area contributed by atoms with Gasteiger partial charge in [-0.05, 0) is 44.9 Å². The Morgan fingerprint density at radius 3 is 2.40 bits per heavy atom. The molecule has 1 N–H and O–H groups in total. The number of carbonyl (C=O) groups is 1. The molecule has 0 radical (unpaired) electrons. The lowest BCUT2D eigenvalue weighted by Gasteiger charge is -2.21. The molecule has 4 nitrogen and oxygen atoms in total. The van der Waals surface area contributed by atoms with E-state index in [1.165, 1.54) is 0 Å². The quantitative estimate of drug-likeness (QED) is 0.900. The molecule has 1 rings (SSSR count). The summed E-state index contributed by atoms with van der Waals surface area (Å²) in [5.74, 6) is 1.55. The zero-order valence-corrected chi connectivity index (χ0v) is 13.2. The van der Waals surface area contributed by atoms with Crippen LogP contribution in [0.3, 0.4) is 0 Å². The third kappa shape index (κ3) is 5.11. The molecule has 0 heterocycles. The predicted octanol–water partition coefficient (Wildman–Crippen LogP) is 3.26. The number of ether oxygens (including phenoxy) is 2. The SMILES string of the molecule is COc1cc(C(=O)NC(C)(C)C)ccc1OCC(C)C. The molecule has 0 unspecified atom stereocenters. The van der Waals surface area contributed by atoms with Crippen molar-refractivity contribution < 1.29 is 14.3 Å². The van der Waals surface area contributed by atoms with E-state index in [-0.39, 0.29) is 11.4 Å². The van der Waals surface area contributed by atoms with E-state index in [2.05, 4.69) is 19.2 Å². The first-order valence-corrected chi connectivity index (χ1v) is 6.86. The van der Waals surface area contributed by atoms with Gasteiger partial charge >= 0.3 is 0 Å². The second-order valence-electron chi connectivity index (χ2n) is 6.27. The van der Waals surface area contributed by atoms with E-state index in [1.807, 2.05) is 20.8 Å². The average Bonchev–Trinajstić information content (AvgIpc) is 2.33. The molecular formula is C16H25NO3. The second-order valence-corrected chi connectivity index (χ2v) is 6.27. The van der Waals surface area contributed by atoms with Gasteiger partial charge in [0.15, 0.2) is 11.5 Å². The number of methoxy groups -OCH3 is 1. The van der Waals surface area contributed by atoms with Crippen molar-refractivity contribution in [3.05, 3.63) is 23.8 Å². The molecule has 0 aliphatic heterocycles. The first-order valence-electron chi connectivity index (χ1n) is 6.86. The number of hydrogen-bond acceptors (Lipinski definition) is 3. The molecule has 112 valence electrons. The number of hydrogen-bond donors (Lipinski definition) is 1. The van der Waals surface area contributed by atoms with Gasteiger partial charge < -0.3 is 14.8 Å². The van der Waals surface area contributed by atoms with Crippen molar-refractivity contribution in [3.8, 4) is 11.5 Å². The summed E-state index contributed by atoms with van der Waals surface area (Å²) in [5.41, 5.74) is 0.297. The van der Waals surface area contributed by atoms with Gasteiger partial charge in [-0.1, -0.05) is 13.8 Å². The fourth-order valence-electron chi connectivity index (χ4n) is 1.60. The number of benzene rings is 1. The second kappa shape index (κ2) is 6.64. The lowest BCUT2D eigenvalue weighted by atomic mass is 10.1. The van der Waals surface area contributed by atoms with Crippen LogP contribution in [0.25, 0.3) is 0 Å². The van der Waals surface area contributed by atoms with E-state index >= 15 is 0 Å². The van der Waals surface area contributed by atoms with Crippen molar-refractivity contribution in [2.45, 2.75) is 40.2 Å². The molecule has 0 saturated heterocycles. The Labute approximate surface area is 121 Å². The van der Waals surface area contributed by atoms with Gasteiger partial charge in [0.2, 0.25) is 0 Å². The number of nitrogens with one attached hydrogen (secondary N) is 1. The predicted molar refractivity (Wildman–Crippen MR) is 80.5 cm³/mol. The van der Waals surface area contributed by atoms with Gasteiger partial charge in [0.25, 0.3) is 5.91 Å². The smallest absolute Gasteiger partial charge is 0.251 e. The minimum Gasteiger partial charge on any atom is -0.493 e. The van der Waals surface area contributed by atoms with Crippen LogP contribution in [-0.4, -0.2) is 25.2 Å². The Balaban J connectivity index is 2.89. The minimum atomic E-state index is -0.267. The van der Waals surface area contributed by atoms with Gasteiger partial charge in [-0.2, -0.15) is 0 Å². The zero-order chi connectivity index (χ0) is 15.3. The van der Waals surface area contributed by atoms with Crippen molar-refractivity contribution in [2.75, 3.05) is 13.7 Å². The maximum Gasteiger partial charge on any atom is 0.251 e. The topological polar surface area (TPSA) is 47.6 Å². The van der Waals surface area contributed by atoms with Crippen LogP contribution in [0, 0.1) is 5.92 Å². The van der Waals surface area contributed by atoms with E-state index < -0.39 is 0 Å². The Bertz CT molecular complexity index is 461. The molecule has 0 aromatic heterocycles. The summed E-state index contributed by atoms with van der Waals surface area (Å²) in [5, 5.41) is 2.92. The van der Waals surface area contributed by atoms with Crippen LogP contribution < -0.4 is 14.8 Å². The molecular weight excluding hydrogens is 254 g/mol. The maximum absolute atomic E-state index is 12.1. The molecule has 0 aliphatic rings. The van der Waals surface area contributed by atoms with Crippen molar-refractivity contribution in [2.24, 2.45) is 5.92 Å². The highest BCUT2D eigenvalue weighted by Gasteiger charge is 2.17. The number of rotatable bonds is 5. The maximum atomic E-state index is 12.1.